The van der Waals surface area contributed by atoms with Gasteiger partial charge < -0.3 is 10.1 Å². The van der Waals surface area contributed by atoms with Crippen LogP contribution in [0.5, 0.6) is 5.75 Å². The van der Waals surface area contributed by atoms with Crippen molar-refractivity contribution in [2.45, 2.75) is 6.18 Å². The number of para-hydroxylation sites is 1. The number of nitrogens with zero attached hydrogens (tertiary/aromatic N) is 1. The number of amides is 2. The van der Waals surface area contributed by atoms with Crippen molar-refractivity contribution < 1.29 is 32.3 Å². The van der Waals surface area contributed by atoms with Crippen molar-refractivity contribution in [3.8, 4) is 5.75 Å². The average Bonchev–Trinajstić information content (AvgIpc) is 2.80. The Morgan fingerprint density at radius 1 is 0.912 bits per heavy atom. The Morgan fingerprint density at radius 2 is 1.62 bits per heavy atom. The molecule has 0 aliphatic heterocycles. The molecule has 0 spiro atoms. The fourth-order valence-corrected chi connectivity index (χ4v) is 2.72. The van der Waals surface area contributed by atoms with Crippen LogP contribution in [0.3, 0.4) is 0 Å². The molecule has 34 heavy (non-hydrogen) atoms. The number of halogens is 4. The largest absolute Gasteiger partial charge is 0.422 e. The minimum atomic E-state index is -4.60. The summed E-state index contributed by atoms with van der Waals surface area (Å²) >= 11 is 5.80. The highest BCUT2D eigenvalue weighted by Gasteiger charge is 2.30. The molecule has 0 aromatic heterocycles. The van der Waals surface area contributed by atoms with Crippen molar-refractivity contribution in [1.82, 2.24) is 5.43 Å². The number of hydrazone groups is 1. The Kier molecular flexibility index (Phi) is 7.64. The molecular formula is C23H15ClF3N3O4. The maximum absolute atomic E-state index is 12.8. The Balaban J connectivity index is 1.62. The van der Waals surface area contributed by atoms with E-state index < -0.39 is 29.5 Å². The van der Waals surface area contributed by atoms with Crippen molar-refractivity contribution in [3.05, 3.63) is 94.5 Å². The Hall–Kier alpha value is -4.18. The Labute approximate surface area is 196 Å². The van der Waals surface area contributed by atoms with Crippen molar-refractivity contribution >= 4 is 41.3 Å². The summed E-state index contributed by atoms with van der Waals surface area (Å²) in [5.74, 6) is -2.96. The van der Waals surface area contributed by atoms with Gasteiger partial charge in [0.15, 0.2) is 0 Å². The van der Waals surface area contributed by atoms with Gasteiger partial charge in [-0.05, 0) is 54.6 Å². The van der Waals surface area contributed by atoms with E-state index in [2.05, 4.69) is 10.4 Å². The number of carbonyl (C=O) groups excluding carboxylic acids is 3. The second kappa shape index (κ2) is 10.6. The average molecular weight is 490 g/mol. The lowest BCUT2D eigenvalue weighted by Crippen LogP contribution is -2.32. The van der Waals surface area contributed by atoms with Gasteiger partial charge in [-0.1, -0.05) is 29.8 Å². The lowest BCUT2D eigenvalue weighted by Gasteiger charge is -2.09. The quantitative estimate of drug-likeness (QED) is 0.179. The van der Waals surface area contributed by atoms with E-state index in [0.717, 1.165) is 18.3 Å². The minimum Gasteiger partial charge on any atom is -0.422 e. The first kappa shape index (κ1) is 24.5. The number of ether oxygens (including phenoxy) is 1. The third-order valence-electron chi connectivity index (χ3n) is 4.23. The van der Waals surface area contributed by atoms with Crippen LogP contribution in [-0.2, 0) is 15.8 Å². The lowest BCUT2D eigenvalue weighted by atomic mass is 10.2. The third kappa shape index (κ3) is 6.66. The summed E-state index contributed by atoms with van der Waals surface area (Å²) in [6, 6.07) is 16.2. The van der Waals surface area contributed by atoms with Gasteiger partial charge in [0.2, 0.25) is 0 Å². The van der Waals surface area contributed by atoms with Crippen molar-refractivity contribution in [2.75, 3.05) is 5.32 Å². The number of benzene rings is 3. The Morgan fingerprint density at radius 3 is 2.32 bits per heavy atom. The normalized spacial score (nSPS) is 11.2. The van der Waals surface area contributed by atoms with Gasteiger partial charge in [-0.2, -0.15) is 18.3 Å². The zero-order valence-corrected chi connectivity index (χ0v) is 17.9. The fourth-order valence-electron chi connectivity index (χ4n) is 2.60. The zero-order chi connectivity index (χ0) is 24.7. The summed E-state index contributed by atoms with van der Waals surface area (Å²) < 4.78 is 43.6. The molecule has 2 amide bonds. The summed E-state index contributed by atoms with van der Waals surface area (Å²) in [5.41, 5.74) is 1.34. The van der Waals surface area contributed by atoms with Crippen LogP contribution in [0.2, 0.25) is 5.02 Å². The fraction of sp³-hybridized carbons (Fsp3) is 0.0435. The number of hydrogen-bond acceptors (Lipinski definition) is 5. The molecule has 7 nitrogen and oxygen atoms in total. The van der Waals surface area contributed by atoms with Gasteiger partial charge >= 0.3 is 24.0 Å². The number of hydrogen-bond donors (Lipinski definition) is 2. The van der Waals surface area contributed by atoms with Crippen LogP contribution < -0.4 is 15.5 Å². The highest BCUT2D eigenvalue weighted by atomic mass is 35.5. The van der Waals surface area contributed by atoms with E-state index in [1.165, 1.54) is 36.4 Å². The van der Waals surface area contributed by atoms with E-state index in [9.17, 15) is 27.6 Å². The van der Waals surface area contributed by atoms with Gasteiger partial charge in [0.1, 0.15) is 5.75 Å². The summed E-state index contributed by atoms with van der Waals surface area (Å²) in [5, 5.41) is 6.15. The molecule has 0 atom stereocenters. The summed E-state index contributed by atoms with van der Waals surface area (Å²) in [6.45, 7) is 0. The first-order valence-electron chi connectivity index (χ1n) is 9.52. The van der Waals surface area contributed by atoms with Crippen molar-refractivity contribution in [3.63, 3.8) is 0 Å². The molecule has 3 aromatic carbocycles. The monoisotopic (exact) mass is 489 g/mol. The number of alkyl halides is 3. The summed E-state index contributed by atoms with van der Waals surface area (Å²) in [4.78, 5) is 36.2. The number of rotatable bonds is 5. The van der Waals surface area contributed by atoms with Gasteiger partial charge in [0.05, 0.1) is 17.3 Å². The second-order valence-electron chi connectivity index (χ2n) is 6.67. The number of nitrogens with one attached hydrogen (secondary N) is 2. The summed E-state index contributed by atoms with van der Waals surface area (Å²) in [7, 11) is 0. The zero-order valence-electron chi connectivity index (χ0n) is 17.1. The van der Waals surface area contributed by atoms with Crippen LogP contribution in [0.15, 0.2) is 77.9 Å². The van der Waals surface area contributed by atoms with Crippen LogP contribution >= 0.6 is 11.6 Å². The van der Waals surface area contributed by atoms with Gasteiger partial charge in [-0.3, -0.25) is 9.59 Å². The molecule has 0 bridgehead atoms. The van der Waals surface area contributed by atoms with Gasteiger partial charge in [-0.15, -0.1) is 0 Å². The standard InChI is InChI=1S/C23H15ClF3N3O4/c24-17-10-8-14(9-11-17)22(33)34-19-7-2-1-4-15(19)13-28-30-21(32)20(31)29-18-6-3-5-16(12-18)23(25,26)27/h1-13H,(H,29,31)(H,30,32). The maximum atomic E-state index is 12.8. The molecule has 0 unspecified atom stereocenters. The lowest BCUT2D eigenvalue weighted by molar-refractivity contribution is -0.137. The molecule has 0 saturated carbocycles. The molecule has 0 saturated heterocycles. The van der Waals surface area contributed by atoms with Crippen LogP contribution in [0.1, 0.15) is 21.5 Å². The molecule has 174 valence electrons. The smallest absolute Gasteiger partial charge is 0.416 e. The number of esters is 1. The predicted molar refractivity (Wildman–Crippen MR) is 119 cm³/mol. The molecule has 0 radical (unpaired) electrons. The first-order chi connectivity index (χ1) is 16.1. The van der Waals surface area contributed by atoms with Gasteiger partial charge in [0, 0.05) is 16.3 Å². The van der Waals surface area contributed by atoms with Gasteiger partial charge in [0.25, 0.3) is 0 Å². The predicted octanol–water partition coefficient (Wildman–Crippen LogP) is 4.67. The van der Waals surface area contributed by atoms with Crippen LogP contribution in [0.25, 0.3) is 0 Å². The number of carbonyl (C=O) groups is 3. The maximum Gasteiger partial charge on any atom is 0.416 e. The number of anilines is 1. The highest BCUT2D eigenvalue weighted by Crippen LogP contribution is 2.30. The van der Waals surface area contributed by atoms with E-state index >= 15 is 0 Å². The van der Waals surface area contributed by atoms with E-state index in [0.29, 0.717) is 16.7 Å². The molecule has 3 aromatic rings. The SMILES string of the molecule is O=C(NN=Cc1ccccc1OC(=O)c1ccc(Cl)cc1)C(=O)Nc1cccc(C(F)(F)F)c1. The van der Waals surface area contributed by atoms with E-state index in [-0.39, 0.29) is 17.0 Å². The highest BCUT2D eigenvalue weighted by molar-refractivity contribution is 6.39. The second-order valence-corrected chi connectivity index (χ2v) is 7.10. The molecule has 0 heterocycles. The minimum absolute atomic E-state index is 0.133. The Bertz CT molecular complexity index is 1240. The van der Waals surface area contributed by atoms with Crippen molar-refractivity contribution in [1.29, 1.82) is 0 Å². The van der Waals surface area contributed by atoms with E-state index in [4.69, 9.17) is 16.3 Å². The van der Waals surface area contributed by atoms with Crippen LogP contribution in [0.4, 0.5) is 18.9 Å². The topological polar surface area (TPSA) is 96.9 Å². The van der Waals surface area contributed by atoms with E-state index in [1.807, 2.05) is 5.43 Å². The first-order valence-corrected chi connectivity index (χ1v) is 9.90. The van der Waals surface area contributed by atoms with Crippen molar-refractivity contribution in [2.24, 2.45) is 5.10 Å². The molecule has 11 heteroatoms. The molecule has 3 rings (SSSR count). The summed E-state index contributed by atoms with van der Waals surface area (Å²) in [6.07, 6.45) is -3.46. The molecule has 2 N–H and O–H groups in total. The van der Waals surface area contributed by atoms with Crippen LogP contribution in [-0.4, -0.2) is 24.0 Å². The van der Waals surface area contributed by atoms with Gasteiger partial charge in [-0.25, -0.2) is 10.2 Å². The van der Waals surface area contributed by atoms with E-state index in [1.54, 1.807) is 18.2 Å². The molecule has 0 aliphatic carbocycles. The third-order valence-corrected chi connectivity index (χ3v) is 4.48. The molecule has 0 aliphatic rings. The van der Waals surface area contributed by atoms with Crippen LogP contribution in [0, 0.1) is 0 Å². The molecular weight excluding hydrogens is 475 g/mol. The molecule has 0 fully saturated rings.